The van der Waals surface area contributed by atoms with Crippen molar-refractivity contribution in [3.05, 3.63) is 94.5 Å². The van der Waals surface area contributed by atoms with Gasteiger partial charge in [0.2, 0.25) is 0 Å². The molecule has 0 aliphatic carbocycles. The van der Waals surface area contributed by atoms with Crippen LogP contribution in [0.2, 0.25) is 0 Å². The van der Waals surface area contributed by atoms with Gasteiger partial charge in [0.1, 0.15) is 0 Å². The molecular formula is C25H24N2O2. The number of amides is 1. The number of aryl methyl sites for hydroxylation is 1. The van der Waals surface area contributed by atoms with Crippen molar-refractivity contribution in [3.63, 3.8) is 0 Å². The summed E-state index contributed by atoms with van der Waals surface area (Å²) in [5, 5.41) is 12.7. The van der Waals surface area contributed by atoms with Gasteiger partial charge in [0.05, 0.1) is 19.2 Å². The topological polar surface area (TPSA) is 61.7 Å². The molecule has 0 unspecified atom stereocenters. The number of nitrogens with one attached hydrogen (secondary N) is 1. The average Bonchev–Trinajstić information content (AvgIpc) is 3.12. The van der Waals surface area contributed by atoms with E-state index in [0.717, 1.165) is 34.5 Å². The van der Waals surface area contributed by atoms with Crippen molar-refractivity contribution < 1.29 is 9.90 Å². The number of aliphatic hydroxyl groups is 1. The van der Waals surface area contributed by atoms with Crippen LogP contribution in [0, 0.1) is 6.92 Å². The molecule has 1 amide bonds. The van der Waals surface area contributed by atoms with Gasteiger partial charge in [0.15, 0.2) is 0 Å². The normalized spacial score (nSPS) is 13.6. The second kappa shape index (κ2) is 8.02. The number of carbonyl (C=O) groups is 1. The van der Waals surface area contributed by atoms with Crippen molar-refractivity contribution in [1.29, 1.82) is 0 Å². The number of fused-ring (bicyclic) bond motifs is 1. The van der Waals surface area contributed by atoms with E-state index in [1.165, 1.54) is 11.1 Å². The minimum Gasteiger partial charge on any atom is -0.394 e. The molecule has 3 aromatic rings. The number of hydrogen-bond acceptors (Lipinski definition) is 3. The minimum atomic E-state index is -0.440. The Kier molecular flexibility index (Phi) is 5.28. The van der Waals surface area contributed by atoms with E-state index in [4.69, 9.17) is 0 Å². The molecule has 29 heavy (non-hydrogen) atoms. The molecular weight excluding hydrogens is 360 g/mol. The van der Waals surface area contributed by atoms with Gasteiger partial charge in [-0.1, -0.05) is 54.1 Å². The Balaban J connectivity index is 1.58. The highest BCUT2D eigenvalue weighted by molar-refractivity contribution is 6.03. The number of aliphatic imine (C=N–C) groups is 1. The van der Waals surface area contributed by atoms with Crippen LogP contribution in [0.15, 0.2) is 71.7 Å². The van der Waals surface area contributed by atoms with E-state index in [1.807, 2.05) is 56.3 Å². The highest BCUT2D eigenvalue weighted by Crippen LogP contribution is 2.27. The van der Waals surface area contributed by atoms with Gasteiger partial charge in [0, 0.05) is 16.8 Å². The number of carbonyl (C=O) groups excluding carboxylic acids is 1. The van der Waals surface area contributed by atoms with Gasteiger partial charge < -0.3 is 10.4 Å². The lowest BCUT2D eigenvalue weighted by molar-refractivity contribution is 0.0916. The van der Waals surface area contributed by atoms with Crippen molar-refractivity contribution in [3.8, 4) is 11.1 Å². The van der Waals surface area contributed by atoms with Crippen LogP contribution in [0.3, 0.4) is 0 Å². The number of aliphatic hydroxyl groups excluding tert-OH is 1. The van der Waals surface area contributed by atoms with E-state index in [1.54, 1.807) is 6.07 Å². The van der Waals surface area contributed by atoms with E-state index in [2.05, 4.69) is 28.5 Å². The molecule has 0 aromatic heterocycles. The fourth-order valence-electron chi connectivity index (χ4n) is 3.72. The summed E-state index contributed by atoms with van der Waals surface area (Å²) in [6.07, 6.45) is 0. The second-order valence-electron chi connectivity index (χ2n) is 7.48. The molecule has 0 spiro atoms. The lowest BCUT2D eigenvalue weighted by Gasteiger charge is -2.17. The molecule has 3 aromatic carbocycles. The first-order valence-corrected chi connectivity index (χ1v) is 9.78. The lowest BCUT2D eigenvalue weighted by atomic mass is 9.97. The number of nitrogens with zero attached hydrogens (tertiary/aromatic N) is 1. The molecule has 0 radical (unpaired) electrons. The summed E-state index contributed by atoms with van der Waals surface area (Å²) in [5.41, 5.74) is 8.07. The molecule has 0 saturated carbocycles. The number of rotatable bonds is 5. The molecule has 2 N–H and O–H groups in total. The van der Waals surface area contributed by atoms with Crippen molar-refractivity contribution in [2.75, 3.05) is 6.61 Å². The van der Waals surface area contributed by atoms with Crippen LogP contribution in [0.4, 0.5) is 0 Å². The lowest BCUT2D eigenvalue weighted by Crippen LogP contribution is -2.30. The van der Waals surface area contributed by atoms with E-state index < -0.39 is 6.04 Å². The Bertz CT molecular complexity index is 1100. The fourth-order valence-corrected chi connectivity index (χ4v) is 3.72. The molecule has 0 bridgehead atoms. The Labute approximate surface area is 170 Å². The first-order chi connectivity index (χ1) is 14.0. The molecule has 1 aliphatic heterocycles. The molecule has 4 nitrogen and oxygen atoms in total. The zero-order valence-electron chi connectivity index (χ0n) is 16.6. The molecule has 0 fully saturated rings. The van der Waals surface area contributed by atoms with Crippen LogP contribution in [0.1, 0.15) is 45.6 Å². The summed E-state index contributed by atoms with van der Waals surface area (Å²) >= 11 is 0. The Morgan fingerprint density at radius 1 is 1.03 bits per heavy atom. The molecule has 1 atom stereocenters. The van der Waals surface area contributed by atoms with Crippen LogP contribution in [-0.4, -0.2) is 23.3 Å². The van der Waals surface area contributed by atoms with Gasteiger partial charge in [-0.05, 0) is 54.3 Å². The molecule has 4 heteroatoms. The van der Waals surface area contributed by atoms with Gasteiger partial charge in [-0.25, -0.2) is 0 Å². The van der Waals surface area contributed by atoms with E-state index in [-0.39, 0.29) is 12.5 Å². The van der Waals surface area contributed by atoms with Gasteiger partial charge in [0.25, 0.3) is 5.91 Å². The zero-order chi connectivity index (χ0) is 20.4. The maximum absolute atomic E-state index is 12.9. The quantitative estimate of drug-likeness (QED) is 0.683. The maximum atomic E-state index is 12.9. The van der Waals surface area contributed by atoms with Crippen LogP contribution in [-0.2, 0) is 6.54 Å². The molecule has 0 saturated heterocycles. The molecule has 1 aliphatic rings. The maximum Gasteiger partial charge on any atom is 0.251 e. The van der Waals surface area contributed by atoms with Crippen LogP contribution >= 0.6 is 0 Å². The van der Waals surface area contributed by atoms with E-state index >= 15 is 0 Å². The third kappa shape index (κ3) is 3.98. The predicted molar refractivity (Wildman–Crippen MR) is 116 cm³/mol. The monoisotopic (exact) mass is 384 g/mol. The minimum absolute atomic E-state index is 0.154. The third-order valence-electron chi connectivity index (χ3n) is 5.38. The summed E-state index contributed by atoms with van der Waals surface area (Å²) < 4.78 is 0. The zero-order valence-corrected chi connectivity index (χ0v) is 16.6. The van der Waals surface area contributed by atoms with Crippen LogP contribution < -0.4 is 5.32 Å². The highest BCUT2D eigenvalue weighted by atomic mass is 16.3. The Morgan fingerprint density at radius 3 is 2.62 bits per heavy atom. The number of benzene rings is 3. The van der Waals surface area contributed by atoms with Gasteiger partial charge >= 0.3 is 0 Å². The molecule has 1 heterocycles. The fraction of sp³-hybridized carbons (Fsp3) is 0.200. The summed E-state index contributed by atoms with van der Waals surface area (Å²) in [6.45, 7) is 4.61. The van der Waals surface area contributed by atoms with Crippen molar-refractivity contribution in [2.45, 2.75) is 26.4 Å². The summed E-state index contributed by atoms with van der Waals surface area (Å²) in [4.78, 5) is 17.3. The van der Waals surface area contributed by atoms with Crippen LogP contribution in [0.5, 0.6) is 0 Å². The Morgan fingerprint density at radius 2 is 1.83 bits per heavy atom. The standard InChI is InChI=1S/C25H24N2O2/c1-16-5-3-7-20(11-16)24(15-28)27-25(29)21-8-4-6-18(12-21)19-9-10-22-14-26-17(2)23(22)13-19/h3-13,24,28H,14-15H2,1-2H3,(H,27,29)/t24-/m0/s1. The summed E-state index contributed by atoms with van der Waals surface area (Å²) in [6, 6.07) is 21.3. The SMILES string of the molecule is CC1=NCc2ccc(-c3cccc(C(=O)N[C@@H](CO)c4cccc(C)c4)c3)cc21. The smallest absolute Gasteiger partial charge is 0.251 e. The molecule has 4 rings (SSSR count). The first kappa shape index (κ1) is 19.1. The second-order valence-corrected chi connectivity index (χ2v) is 7.48. The van der Waals surface area contributed by atoms with Gasteiger partial charge in [-0.3, -0.25) is 9.79 Å². The third-order valence-corrected chi connectivity index (χ3v) is 5.38. The van der Waals surface area contributed by atoms with Crippen molar-refractivity contribution >= 4 is 11.6 Å². The van der Waals surface area contributed by atoms with Gasteiger partial charge in [-0.2, -0.15) is 0 Å². The van der Waals surface area contributed by atoms with E-state index in [0.29, 0.717) is 5.56 Å². The predicted octanol–water partition coefficient (Wildman–Crippen LogP) is 4.45. The number of hydrogen-bond donors (Lipinski definition) is 2. The Hall–Kier alpha value is -3.24. The first-order valence-electron chi connectivity index (χ1n) is 9.78. The molecule has 146 valence electrons. The van der Waals surface area contributed by atoms with Crippen molar-refractivity contribution in [2.24, 2.45) is 4.99 Å². The largest absolute Gasteiger partial charge is 0.394 e. The summed E-state index contributed by atoms with van der Waals surface area (Å²) in [5.74, 6) is -0.202. The van der Waals surface area contributed by atoms with E-state index in [9.17, 15) is 9.90 Å². The van der Waals surface area contributed by atoms with Gasteiger partial charge in [-0.15, -0.1) is 0 Å². The highest BCUT2D eigenvalue weighted by Gasteiger charge is 2.17. The average molecular weight is 384 g/mol. The summed E-state index contributed by atoms with van der Waals surface area (Å²) in [7, 11) is 0. The van der Waals surface area contributed by atoms with Crippen LogP contribution in [0.25, 0.3) is 11.1 Å². The van der Waals surface area contributed by atoms with Crippen molar-refractivity contribution in [1.82, 2.24) is 5.32 Å².